The van der Waals surface area contributed by atoms with Crippen molar-refractivity contribution in [3.05, 3.63) is 47.9 Å². The number of anilines is 2. The maximum Gasteiger partial charge on any atom is 0.152 e. The summed E-state index contributed by atoms with van der Waals surface area (Å²) in [5.41, 5.74) is 9.36. The van der Waals surface area contributed by atoms with Crippen LogP contribution in [0.1, 0.15) is 30.0 Å². The van der Waals surface area contributed by atoms with Gasteiger partial charge in [-0.15, -0.1) is 0 Å². The molecule has 1 fully saturated rings. The van der Waals surface area contributed by atoms with Crippen molar-refractivity contribution in [1.82, 2.24) is 9.97 Å². The summed E-state index contributed by atoms with van der Waals surface area (Å²) in [5.74, 6) is 0.916. The van der Waals surface area contributed by atoms with Crippen molar-refractivity contribution in [2.45, 2.75) is 25.8 Å². The molecule has 1 saturated heterocycles. The summed E-state index contributed by atoms with van der Waals surface area (Å²) in [6.07, 6.45) is 7.84. The maximum atomic E-state index is 6.19. The SMILES string of the molecule is Cc1ccnc(N2CCCC2c2ccncc2)c1N. The zero-order valence-electron chi connectivity index (χ0n) is 11.1. The molecular weight excluding hydrogens is 236 g/mol. The molecule has 1 unspecified atom stereocenters. The van der Waals surface area contributed by atoms with Crippen molar-refractivity contribution in [3.8, 4) is 0 Å². The van der Waals surface area contributed by atoms with E-state index >= 15 is 0 Å². The Morgan fingerprint density at radius 2 is 2.00 bits per heavy atom. The summed E-state index contributed by atoms with van der Waals surface area (Å²) >= 11 is 0. The molecule has 0 amide bonds. The predicted octanol–water partition coefficient (Wildman–Crippen LogP) is 2.71. The molecule has 0 saturated carbocycles. The molecule has 3 rings (SSSR count). The van der Waals surface area contributed by atoms with Crippen molar-refractivity contribution in [3.63, 3.8) is 0 Å². The highest BCUT2D eigenvalue weighted by atomic mass is 15.2. The Morgan fingerprint density at radius 1 is 1.21 bits per heavy atom. The van der Waals surface area contributed by atoms with Gasteiger partial charge < -0.3 is 10.6 Å². The van der Waals surface area contributed by atoms with Crippen LogP contribution in [0.3, 0.4) is 0 Å². The van der Waals surface area contributed by atoms with Gasteiger partial charge in [0.2, 0.25) is 0 Å². The number of aromatic nitrogens is 2. The monoisotopic (exact) mass is 254 g/mol. The van der Waals surface area contributed by atoms with Gasteiger partial charge in [0.15, 0.2) is 5.82 Å². The average Bonchev–Trinajstić information content (AvgIpc) is 2.92. The van der Waals surface area contributed by atoms with E-state index in [4.69, 9.17) is 5.73 Å². The van der Waals surface area contributed by atoms with E-state index in [9.17, 15) is 0 Å². The van der Waals surface area contributed by atoms with E-state index < -0.39 is 0 Å². The summed E-state index contributed by atoms with van der Waals surface area (Å²) in [4.78, 5) is 10.9. The lowest BCUT2D eigenvalue weighted by atomic mass is 10.1. The molecule has 0 aromatic carbocycles. The Hall–Kier alpha value is -2.10. The van der Waals surface area contributed by atoms with Crippen molar-refractivity contribution in [2.24, 2.45) is 0 Å². The highest BCUT2D eigenvalue weighted by molar-refractivity contribution is 5.67. The van der Waals surface area contributed by atoms with Gasteiger partial charge in [0, 0.05) is 25.1 Å². The molecule has 0 bridgehead atoms. The molecule has 2 aromatic heterocycles. The lowest BCUT2D eigenvalue weighted by Crippen LogP contribution is -2.24. The number of nitrogens with zero attached hydrogens (tertiary/aromatic N) is 3. The minimum Gasteiger partial charge on any atom is -0.396 e. The largest absolute Gasteiger partial charge is 0.396 e. The topological polar surface area (TPSA) is 55.0 Å². The molecule has 4 heteroatoms. The number of pyridine rings is 2. The first kappa shape index (κ1) is 12.0. The number of hydrogen-bond acceptors (Lipinski definition) is 4. The van der Waals surface area contributed by atoms with Gasteiger partial charge in [0.05, 0.1) is 11.7 Å². The fourth-order valence-corrected chi connectivity index (χ4v) is 2.74. The molecule has 98 valence electrons. The fraction of sp³-hybridized carbons (Fsp3) is 0.333. The molecule has 2 N–H and O–H groups in total. The van der Waals surface area contributed by atoms with Gasteiger partial charge in [0.1, 0.15) is 0 Å². The van der Waals surface area contributed by atoms with Gasteiger partial charge in [-0.25, -0.2) is 4.98 Å². The Bertz CT molecular complexity index is 568. The minimum absolute atomic E-state index is 0.361. The van der Waals surface area contributed by atoms with E-state index in [2.05, 4.69) is 27.0 Å². The highest BCUT2D eigenvalue weighted by Gasteiger charge is 2.28. The van der Waals surface area contributed by atoms with Crippen LogP contribution >= 0.6 is 0 Å². The zero-order chi connectivity index (χ0) is 13.2. The quantitative estimate of drug-likeness (QED) is 0.895. The van der Waals surface area contributed by atoms with Crippen molar-refractivity contribution in [1.29, 1.82) is 0 Å². The number of nitrogens with two attached hydrogens (primary N) is 1. The van der Waals surface area contributed by atoms with Crippen LogP contribution in [0.4, 0.5) is 11.5 Å². The Morgan fingerprint density at radius 3 is 2.79 bits per heavy atom. The van der Waals surface area contributed by atoms with E-state index in [1.165, 1.54) is 12.0 Å². The van der Waals surface area contributed by atoms with Crippen LogP contribution in [-0.4, -0.2) is 16.5 Å². The molecule has 0 aliphatic carbocycles. The summed E-state index contributed by atoms with van der Waals surface area (Å²) in [6, 6.07) is 6.47. The maximum absolute atomic E-state index is 6.19. The summed E-state index contributed by atoms with van der Waals surface area (Å²) in [5, 5.41) is 0. The van der Waals surface area contributed by atoms with Crippen LogP contribution in [0.25, 0.3) is 0 Å². The molecule has 0 radical (unpaired) electrons. The van der Waals surface area contributed by atoms with E-state index in [0.29, 0.717) is 6.04 Å². The van der Waals surface area contributed by atoms with Gasteiger partial charge in [-0.05, 0) is 49.1 Å². The van der Waals surface area contributed by atoms with Crippen LogP contribution in [0.2, 0.25) is 0 Å². The number of nitrogen functional groups attached to an aromatic ring is 1. The molecular formula is C15H18N4. The lowest BCUT2D eigenvalue weighted by molar-refractivity contribution is 0.711. The normalized spacial score (nSPS) is 18.8. The van der Waals surface area contributed by atoms with Crippen LogP contribution in [-0.2, 0) is 0 Å². The van der Waals surface area contributed by atoms with E-state index in [1.54, 1.807) is 0 Å². The Labute approximate surface area is 113 Å². The third kappa shape index (κ3) is 2.14. The summed E-state index contributed by atoms with van der Waals surface area (Å²) in [7, 11) is 0. The third-order valence-electron chi connectivity index (χ3n) is 3.80. The predicted molar refractivity (Wildman–Crippen MR) is 76.9 cm³/mol. The Balaban J connectivity index is 1.98. The molecule has 19 heavy (non-hydrogen) atoms. The molecule has 1 aliphatic rings. The first-order chi connectivity index (χ1) is 9.27. The van der Waals surface area contributed by atoms with Crippen LogP contribution in [0.5, 0.6) is 0 Å². The number of hydrogen-bond donors (Lipinski definition) is 1. The van der Waals surface area contributed by atoms with Crippen LogP contribution in [0, 0.1) is 6.92 Å². The van der Waals surface area contributed by atoms with Gasteiger partial charge in [0.25, 0.3) is 0 Å². The highest BCUT2D eigenvalue weighted by Crippen LogP contribution is 2.37. The summed E-state index contributed by atoms with van der Waals surface area (Å²) < 4.78 is 0. The summed E-state index contributed by atoms with van der Waals surface area (Å²) in [6.45, 7) is 3.03. The van der Waals surface area contributed by atoms with E-state index in [0.717, 1.165) is 30.0 Å². The van der Waals surface area contributed by atoms with Gasteiger partial charge >= 0.3 is 0 Å². The van der Waals surface area contributed by atoms with Gasteiger partial charge in [-0.3, -0.25) is 4.98 Å². The smallest absolute Gasteiger partial charge is 0.152 e. The first-order valence-electron chi connectivity index (χ1n) is 6.65. The van der Waals surface area contributed by atoms with Crippen molar-refractivity contribution >= 4 is 11.5 Å². The standard InChI is InChI=1S/C15H18N4/c1-11-4-9-18-15(14(11)16)19-10-2-3-13(19)12-5-7-17-8-6-12/h4-9,13H,2-3,10,16H2,1H3. The van der Waals surface area contributed by atoms with Crippen molar-refractivity contribution < 1.29 is 0 Å². The van der Waals surface area contributed by atoms with Gasteiger partial charge in [-0.1, -0.05) is 0 Å². The van der Waals surface area contributed by atoms with Crippen LogP contribution in [0.15, 0.2) is 36.8 Å². The van der Waals surface area contributed by atoms with E-state index in [1.807, 2.05) is 31.6 Å². The van der Waals surface area contributed by atoms with Gasteiger partial charge in [-0.2, -0.15) is 0 Å². The molecule has 1 atom stereocenters. The molecule has 3 heterocycles. The minimum atomic E-state index is 0.361. The molecule has 4 nitrogen and oxygen atoms in total. The first-order valence-corrected chi connectivity index (χ1v) is 6.65. The molecule has 0 spiro atoms. The number of rotatable bonds is 2. The Kier molecular flexibility index (Phi) is 3.07. The number of aryl methyl sites for hydroxylation is 1. The second-order valence-electron chi connectivity index (χ2n) is 5.00. The average molecular weight is 254 g/mol. The zero-order valence-corrected chi connectivity index (χ0v) is 11.1. The van der Waals surface area contributed by atoms with E-state index in [-0.39, 0.29) is 0 Å². The molecule has 2 aromatic rings. The van der Waals surface area contributed by atoms with Crippen LogP contribution < -0.4 is 10.6 Å². The third-order valence-corrected chi connectivity index (χ3v) is 3.80. The lowest BCUT2D eigenvalue weighted by Gasteiger charge is -2.27. The molecule has 1 aliphatic heterocycles. The second-order valence-corrected chi connectivity index (χ2v) is 5.00. The fourth-order valence-electron chi connectivity index (χ4n) is 2.74. The van der Waals surface area contributed by atoms with Crippen molar-refractivity contribution in [2.75, 3.05) is 17.2 Å². The second kappa shape index (κ2) is 4.88.